The molecule has 1 aromatic heterocycles. The minimum absolute atomic E-state index is 0.135. The summed E-state index contributed by atoms with van der Waals surface area (Å²) in [7, 11) is 0. The zero-order valence-electron chi connectivity index (χ0n) is 14.4. The average Bonchev–Trinajstić information content (AvgIpc) is 3.10. The Bertz CT molecular complexity index is 844. The molecule has 8 heteroatoms. The third-order valence-corrected chi connectivity index (χ3v) is 4.16. The molecule has 0 saturated carbocycles. The lowest BCUT2D eigenvalue weighted by atomic mass is 10.2. The van der Waals surface area contributed by atoms with Gasteiger partial charge < -0.3 is 10.6 Å². The number of nitrogens with zero attached hydrogens (tertiary/aromatic N) is 5. The van der Waals surface area contributed by atoms with Crippen LogP contribution < -0.4 is 10.6 Å². The predicted octanol–water partition coefficient (Wildman–Crippen LogP) is 1.94. The van der Waals surface area contributed by atoms with E-state index in [1.54, 1.807) is 30.7 Å². The minimum Gasteiger partial charge on any atom is -0.353 e. The van der Waals surface area contributed by atoms with E-state index in [0.29, 0.717) is 23.8 Å². The van der Waals surface area contributed by atoms with Crippen molar-refractivity contribution in [2.45, 2.75) is 19.4 Å². The third kappa shape index (κ3) is 4.52. The Morgan fingerprint density at radius 3 is 3.08 bits per heavy atom. The van der Waals surface area contributed by atoms with Crippen LogP contribution >= 0.6 is 12.2 Å². The molecule has 2 aromatic rings. The molecule has 7 nitrogen and oxygen atoms in total. The van der Waals surface area contributed by atoms with Crippen molar-refractivity contribution >= 4 is 29.0 Å². The van der Waals surface area contributed by atoms with E-state index in [1.807, 2.05) is 17.0 Å². The maximum Gasteiger partial charge on any atom is 0.200 e. The molecule has 1 aromatic carbocycles. The Labute approximate surface area is 157 Å². The maximum atomic E-state index is 9.01. The van der Waals surface area contributed by atoms with Crippen LogP contribution in [0.4, 0.5) is 5.69 Å². The summed E-state index contributed by atoms with van der Waals surface area (Å²) in [6, 6.07) is 9.49. The normalized spacial score (nSPS) is 14.3. The zero-order chi connectivity index (χ0) is 18.4. The van der Waals surface area contributed by atoms with Crippen molar-refractivity contribution in [3.8, 4) is 6.07 Å². The molecular weight excluding hydrogens is 346 g/mol. The van der Waals surface area contributed by atoms with Gasteiger partial charge in [-0.15, -0.1) is 0 Å². The number of aliphatic imine (C=N–C) groups is 1. The van der Waals surface area contributed by atoms with Gasteiger partial charge in [-0.25, -0.2) is 0 Å². The Balaban J connectivity index is 1.60. The summed E-state index contributed by atoms with van der Waals surface area (Å²) in [5.74, 6) is 0.746. The number of hydrogen-bond donors (Lipinski definition) is 2. The SMILES string of the molecule is CC(Cc1cnccn1)NC1=NCCN1C(=S)Nc1cccc(C#N)c1. The minimum atomic E-state index is 0.135. The molecule has 1 unspecified atom stereocenters. The smallest absolute Gasteiger partial charge is 0.200 e. The number of rotatable bonds is 4. The van der Waals surface area contributed by atoms with Crippen LogP contribution in [0.3, 0.4) is 0 Å². The lowest BCUT2D eigenvalue weighted by Gasteiger charge is -2.25. The van der Waals surface area contributed by atoms with Gasteiger partial charge in [-0.2, -0.15) is 5.26 Å². The predicted molar refractivity (Wildman–Crippen MR) is 105 cm³/mol. The van der Waals surface area contributed by atoms with Crippen LogP contribution in [0, 0.1) is 11.3 Å². The van der Waals surface area contributed by atoms with Gasteiger partial charge in [0, 0.05) is 43.3 Å². The van der Waals surface area contributed by atoms with E-state index >= 15 is 0 Å². The molecule has 3 rings (SSSR count). The molecule has 0 spiro atoms. The lowest BCUT2D eigenvalue weighted by Crippen LogP contribution is -2.47. The average molecular weight is 365 g/mol. The fourth-order valence-corrected chi connectivity index (χ4v) is 2.94. The van der Waals surface area contributed by atoms with Gasteiger partial charge in [0.1, 0.15) is 0 Å². The summed E-state index contributed by atoms with van der Waals surface area (Å²) >= 11 is 5.52. The first-order valence-electron chi connectivity index (χ1n) is 8.30. The van der Waals surface area contributed by atoms with Crippen molar-refractivity contribution in [2.24, 2.45) is 4.99 Å². The number of benzene rings is 1. The first-order chi connectivity index (χ1) is 12.7. The molecule has 1 atom stereocenters. The van der Waals surface area contributed by atoms with Gasteiger partial charge in [-0.1, -0.05) is 6.07 Å². The van der Waals surface area contributed by atoms with Crippen LogP contribution in [0.1, 0.15) is 18.2 Å². The topological polar surface area (TPSA) is 89.2 Å². The molecule has 2 N–H and O–H groups in total. The van der Waals surface area contributed by atoms with Gasteiger partial charge in [0.15, 0.2) is 5.11 Å². The number of anilines is 1. The van der Waals surface area contributed by atoms with E-state index in [9.17, 15) is 0 Å². The molecule has 0 saturated heterocycles. The van der Waals surface area contributed by atoms with Crippen molar-refractivity contribution in [3.05, 3.63) is 54.1 Å². The Morgan fingerprint density at radius 2 is 2.31 bits per heavy atom. The standard InChI is InChI=1S/C18H19N7S/c1-13(9-16-12-20-5-6-21-16)23-17-22-7-8-25(17)18(26)24-15-4-2-3-14(10-15)11-19/h2-6,10,12-13H,7-9H2,1H3,(H,22,23)(H,24,26). The number of nitrogens with one attached hydrogen (secondary N) is 2. The van der Waals surface area contributed by atoms with Gasteiger partial charge in [-0.05, 0) is 37.3 Å². The monoisotopic (exact) mass is 365 g/mol. The second-order valence-electron chi connectivity index (χ2n) is 5.93. The largest absolute Gasteiger partial charge is 0.353 e. The van der Waals surface area contributed by atoms with E-state index in [2.05, 4.69) is 38.6 Å². The van der Waals surface area contributed by atoms with Crippen molar-refractivity contribution in [2.75, 3.05) is 18.4 Å². The fourth-order valence-electron chi connectivity index (χ4n) is 2.65. The summed E-state index contributed by atoms with van der Waals surface area (Å²) < 4.78 is 0. The molecular formula is C18H19N7S. The van der Waals surface area contributed by atoms with Crippen molar-refractivity contribution < 1.29 is 0 Å². The van der Waals surface area contributed by atoms with Gasteiger partial charge >= 0.3 is 0 Å². The zero-order valence-corrected chi connectivity index (χ0v) is 15.2. The molecule has 1 aliphatic heterocycles. The highest BCUT2D eigenvalue weighted by molar-refractivity contribution is 7.80. The second-order valence-corrected chi connectivity index (χ2v) is 6.31. The van der Waals surface area contributed by atoms with Gasteiger partial charge in [-0.3, -0.25) is 19.9 Å². The summed E-state index contributed by atoms with van der Waals surface area (Å²) in [6.07, 6.45) is 5.86. The summed E-state index contributed by atoms with van der Waals surface area (Å²) in [6.45, 7) is 3.46. The molecule has 26 heavy (non-hydrogen) atoms. The van der Waals surface area contributed by atoms with Crippen LogP contribution in [0.2, 0.25) is 0 Å². The van der Waals surface area contributed by atoms with Crippen molar-refractivity contribution in [1.29, 1.82) is 5.26 Å². The maximum absolute atomic E-state index is 9.01. The first kappa shape index (κ1) is 17.8. The van der Waals surface area contributed by atoms with Crippen LogP contribution in [0.5, 0.6) is 0 Å². The van der Waals surface area contributed by atoms with Crippen LogP contribution in [-0.2, 0) is 6.42 Å². The van der Waals surface area contributed by atoms with Crippen molar-refractivity contribution in [1.82, 2.24) is 20.2 Å². The number of aromatic nitrogens is 2. The van der Waals surface area contributed by atoms with E-state index in [0.717, 1.165) is 23.8 Å². The molecule has 0 amide bonds. The van der Waals surface area contributed by atoms with Crippen LogP contribution in [0.15, 0.2) is 47.8 Å². The quantitative estimate of drug-likeness (QED) is 0.800. The highest BCUT2D eigenvalue weighted by Gasteiger charge is 2.22. The van der Waals surface area contributed by atoms with E-state index in [-0.39, 0.29) is 6.04 Å². The Morgan fingerprint density at radius 1 is 1.42 bits per heavy atom. The van der Waals surface area contributed by atoms with Crippen molar-refractivity contribution in [3.63, 3.8) is 0 Å². The van der Waals surface area contributed by atoms with Gasteiger partial charge in [0.2, 0.25) is 5.96 Å². The van der Waals surface area contributed by atoms with Gasteiger partial charge in [0.05, 0.1) is 23.9 Å². The number of guanidine groups is 1. The van der Waals surface area contributed by atoms with E-state index in [1.165, 1.54) is 0 Å². The highest BCUT2D eigenvalue weighted by Crippen LogP contribution is 2.12. The molecule has 1 aliphatic rings. The third-order valence-electron chi connectivity index (χ3n) is 3.84. The molecule has 0 bridgehead atoms. The number of hydrogen-bond acceptors (Lipinski definition) is 6. The molecule has 0 radical (unpaired) electrons. The number of nitriles is 1. The summed E-state index contributed by atoms with van der Waals surface area (Å²) in [4.78, 5) is 14.8. The highest BCUT2D eigenvalue weighted by atomic mass is 32.1. The molecule has 0 aliphatic carbocycles. The van der Waals surface area contributed by atoms with Crippen LogP contribution in [0.25, 0.3) is 0 Å². The first-order valence-corrected chi connectivity index (χ1v) is 8.71. The Kier molecular flexibility index (Phi) is 5.71. The fraction of sp³-hybridized carbons (Fsp3) is 0.278. The second kappa shape index (κ2) is 8.36. The number of thiocarbonyl (C=S) groups is 1. The van der Waals surface area contributed by atoms with Crippen LogP contribution in [-0.4, -0.2) is 45.1 Å². The summed E-state index contributed by atoms with van der Waals surface area (Å²) in [5, 5.41) is 16.1. The molecule has 2 heterocycles. The lowest BCUT2D eigenvalue weighted by molar-refractivity contribution is 0.587. The van der Waals surface area contributed by atoms with E-state index in [4.69, 9.17) is 17.5 Å². The van der Waals surface area contributed by atoms with E-state index < -0.39 is 0 Å². The Hall–Kier alpha value is -3.05. The summed E-state index contributed by atoms with van der Waals surface area (Å²) in [5.41, 5.74) is 2.29. The molecule has 132 valence electrons. The van der Waals surface area contributed by atoms with Gasteiger partial charge in [0.25, 0.3) is 0 Å². The molecule has 0 fully saturated rings.